The van der Waals surface area contributed by atoms with Crippen molar-refractivity contribution >= 4 is 17.1 Å². The second-order valence-corrected chi connectivity index (χ2v) is 5.78. The van der Waals surface area contributed by atoms with E-state index in [1.165, 1.54) is 17.8 Å². The van der Waals surface area contributed by atoms with Gasteiger partial charge in [-0.25, -0.2) is 9.37 Å². The van der Waals surface area contributed by atoms with Crippen LogP contribution in [-0.4, -0.2) is 60.3 Å². The molecule has 1 unspecified atom stereocenters. The molecule has 1 aliphatic rings. The summed E-state index contributed by atoms with van der Waals surface area (Å²) in [7, 11) is 0. The Morgan fingerprint density at radius 2 is 2.36 bits per heavy atom. The summed E-state index contributed by atoms with van der Waals surface area (Å²) in [5, 5.41) is 20.3. The van der Waals surface area contributed by atoms with Crippen molar-refractivity contribution in [1.82, 2.24) is 19.5 Å². The lowest BCUT2D eigenvalue weighted by molar-refractivity contribution is -0.0756. The molecule has 1 aliphatic heterocycles. The normalized spacial score (nSPS) is 30.2. The van der Waals surface area contributed by atoms with Gasteiger partial charge in [0.2, 0.25) is 5.95 Å². The van der Waals surface area contributed by atoms with Gasteiger partial charge in [-0.15, -0.1) is 0 Å². The van der Waals surface area contributed by atoms with Crippen LogP contribution in [0.5, 0.6) is 0 Å². The molecule has 0 radical (unpaired) electrons. The molecule has 0 aromatic carbocycles. The fraction of sp³-hybridized carbons (Fsp3) is 0.500. The van der Waals surface area contributed by atoms with E-state index in [4.69, 9.17) is 16.2 Å². The van der Waals surface area contributed by atoms with Gasteiger partial charge in [0.15, 0.2) is 22.9 Å². The molecule has 11 heteroatoms. The van der Waals surface area contributed by atoms with Crippen LogP contribution in [0.3, 0.4) is 0 Å². The van der Waals surface area contributed by atoms with Gasteiger partial charge < -0.3 is 26.4 Å². The number of rotatable bonds is 2. The Balaban J connectivity index is 2.18. The zero-order valence-corrected chi connectivity index (χ0v) is 13.2. The molecule has 0 amide bonds. The highest BCUT2D eigenvalue weighted by Gasteiger charge is 2.56. The molecule has 10 nitrogen and oxygen atoms in total. The van der Waals surface area contributed by atoms with Crippen molar-refractivity contribution in [2.45, 2.75) is 37.0 Å². The number of fused-ring (bicyclic) bond motifs is 1. The molecule has 0 aliphatic carbocycles. The largest absolute Gasteiger partial charge is 0.391 e. The fourth-order valence-electron chi connectivity index (χ4n) is 2.86. The van der Waals surface area contributed by atoms with Crippen molar-refractivity contribution in [3.05, 3.63) is 16.7 Å². The molecule has 0 saturated carbocycles. The summed E-state index contributed by atoms with van der Waals surface area (Å²) in [4.78, 5) is 22.2. The highest BCUT2D eigenvalue weighted by molar-refractivity contribution is 5.70. The standard InChI is InChI=1S/C14H17FN6O4/c1-6(22)8-9(23)14(17,3-2-4-15)12(25-8)21-5-18-7-10(21)19-13(16)20-11(7)24/h5-6,8-9,12,22-23H,4,17H2,1H3,(H3,16,19,20,24)/t6-,8+,9-,12+,14?/m0/s1. The smallest absolute Gasteiger partial charge is 0.280 e. The van der Waals surface area contributed by atoms with Crippen LogP contribution in [0.2, 0.25) is 0 Å². The van der Waals surface area contributed by atoms with Crippen molar-refractivity contribution in [3.63, 3.8) is 0 Å². The molecular weight excluding hydrogens is 335 g/mol. The summed E-state index contributed by atoms with van der Waals surface area (Å²) in [6.45, 7) is 0.430. The van der Waals surface area contributed by atoms with Gasteiger partial charge in [-0.05, 0) is 6.92 Å². The number of nitrogens with two attached hydrogens (primary N) is 2. The van der Waals surface area contributed by atoms with Crippen LogP contribution >= 0.6 is 0 Å². The topological polar surface area (TPSA) is 165 Å². The van der Waals surface area contributed by atoms with Crippen LogP contribution < -0.4 is 17.0 Å². The van der Waals surface area contributed by atoms with Gasteiger partial charge in [0, 0.05) is 0 Å². The number of halogens is 1. The highest BCUT2D eigenvalue weighted by Crippen LogP contribution is 2.38. The number of aromatic nitrogens is 4. The van der Waals surface area contributed by atoms with Crippen LogP contribution in [0.15, 0.2) is 11.1 Å². The molecule has 25 heavy (non-hydrogen) atoms. The van der Waals surface area contributed by atoms with Crippen molar-refractivity contribution in [1.29, 1.82) is 0 Å². The number of aromatic amines is 1. The lowest BCUT2D eigenvalue weighted by atomic mass is 9.90. The first-order valence-corrected chi connectivity index (χ1v) is 7.38. The van der Waals surface area contributed by atoms with Gasteiger partial charge in [0.05, 0.1) is 12.4 Å². The molecule has 5 atom stereocenters. The molecular formula is C14H17FN6O4. The maximum atomic E-state index is 12.5. The van der Waals surface area contributed by atoms with Crippen LogP contribution in [-0.2, 0) is 4.74 Å². The summed E-state index contributed by atoms with van der Waals surface area (Å²) in [6, 6.07) is 0. The average Bonchev–Trinajstić information content (AvgIpc) is 3.06. The number of imidazole rings is 1. The van der Waals surface area contributed by atoms with E-state index in [1.807, 2.05) is 0 Å². The summed E-state index contributed by atoms with van der Waals surface area (Å²) in [5.74, 6) is 4.47. The van der Waals surface area contributed by atoms with E-state index in [-0.39, 0.29) is 17.1 Å². The molecule has 0 bridgehead atoms. The third kappa shape index (κ3) is 2.65. The Morgan fingerprint density at radius 1 is 1.64 bits per heavy atom. The van der Waals surface area contributed by atoms with E-state index in [2.05, 4.69) is 26.8 Å². The Bertz CT molecular complexity index is 915. The maximum Gasteiger partial charge on any atom is 0.280 e. The monoisotopic (exact) mass is 352 g/mol. The second kappa shape index (κ2) is 6.08. The molecule has 2 aromatic heterocycles. The van der Waals surface area contributed by atoms with E-state index < -0.39 is 42.3 Å². The molecule has 134 valence electrons. The average molecular weight is 352 g/mol. The highest BCUT2D eigenvalue weighted by atomic mass is 19.1. The van der Waals surface area contributed by atoms with Gasteiger partial charge >= 0.3 is 0 Å². The first-order chi connectivity index (χ1) is 11.8. The minimum absolute atomic E-state index is 0.0198. The van der Waals surface area contributed by atoms with E-state index in [0.29, 0.717) is 0 Å². The zero-order valence-electron chi connectivity index (χ0n) is 13.2. The number of H-pyrrole nitrogens is 1. The number of ether oxygens (including phenoxy) is 1. The number of aliphatic hydroxyl groups is 2. The van der Waals surface area contributed by atoms with Crippen molar-refractivity contribution in [2.75, 3.05) is 12.4 Å². The molecule has 3 rings (SSSR count). The van der Waals surface area contributed by atoms with Gasteiger partial charge in [-0.3, -0.25) is 14.3 Å². The number of aliphatic hydroxyl groups excluding tert-OH is 2. The number of nitrogens with zero attached hydrogens (tertiary/aromatic N) is 3. The SMILES string of the molecule is C[C@H](O)[C@H]1O[C@@H](n2cnc3c(=O)[nH]c(N)nc32)C(N)(C#CCF)[C@H]1O. The quantitative estimate of drug-likeness (QED) is 0.388. The van der Waals surface area contributed by atoms with E-state index in [0.717, 1.165) is 0 Å². The predicted octanol–water partition coefficient (Wildman–Crippen LogP) is -1.99. The van der Waals surface area contributed by atoms with E-state index in [1.54, 1.807) is 0 Å². The van der Waals surface area contributed by atoms with Crippen LogP contribution in [0, 0.1) is 11.8 Å². The summed E-state index contributed by atoms with van der Waals surface area (Å²) >= 11 is 0. The van der Waals surface area contributed by atoms with Crippen LogP contribution in [0.25, 0.3) is 11.2 Å². The van der Waals surface area contributed by atoms with Crippen molar-refractivity contribution in [3.8, 4) is 11.8 Å². The van der Waals surface area contributed by atoms with E-state index in [9.17, 15) is 19.4 Å². The molecule has 2 aromatic rings. The van der Waals surface area contributed by atoms with Gasteiger partial charge in [0.25, 0.3) is 5.56 Å². The van der Waals surface area contributed by atoms with E-state index >= 15 is 0 Å². The summed E-state index contributed by atoms with van der Waals surface area (Å²) < 4.78 is 19.5. The number of hydrogen-bond donors (Lipinski definition) is 5. The van der Waals surface area contributed by atoms with Crippen molar-refractivity contribution < 1.29 is 19.3 Å². The summed E-state index contributed by atoms with van der Waals surface area (Å²) in [5.41, 5.74) is 9.46. The Labute approximate surface area is 140 Å². The third-order valence-electron chi connectivity index (χ3n) is 4.05. The third-order valence-corrected chi connectivity index (χ3v) is 4.05. The van der Waals surface area contributed by atoms with Crippen LogP contribution in [0.1, 0.15) is 13.2 Å². The lowest BCUT2D eigenvalue weighted by Gasteiger charge is -2.27. The molecule has 1 fully saturated rings. The summed E-state index contributed by atoms with van der Waals surface area (Å²) in [6.07, 6.45) is -3.53. The van der Waals surface area contributed by atoms with Gasteiger partial charge in [0.1, 0.15) is 18.9 Å². The molecule has 1 saturated heterocycles. The van der Waals surface area contributed by atoms with Crippen molar-refractivity contribution in [2.24, 2.45) is 5.73 Å². The number of hydrogen-bond acceptors (Lipinski definition) is 8. The Morgan fingerprint density at radius 3 is 3.00 bits per heavy atom. The van der Waals surface area contributed by atoms with Gasteiger partial charge in [-0.2, -0.15) is 4.98 Å². The molecule has 0 spiro atoms. The first-order valence-electron chi connectivity index (χ1n) is 7.38. The maximum absolute atomic E-state index is 12.5. The predicted molar refractivity (Wildman–Crippen MR) is 84.8 cm³/mol. The molecule has 7 N–H and O–H groups in total. The zero-order chi connectivity index (χ0) is 18.4. The number of nitrogen functional groups attached to an aromatic ring is 1. The Kier molecular flexibility index (Phi) is 4.21. The fourth-order valence-corrected chi connectivity index (χ4v) is 2.86. The van der Waals surface area contributed by atoms with Crippen LogP contribution in [0.4, 0.5) is 10.3 Å². The number of alkyl halides is 1. The Hall–Kier alpha value is -2.52. The van der Waals surface area contributed by atoms with Gasteiger partial charge in [-0.1, -0.05) is 11.8 Å². The molecule has 3 heterocycles. The lowest BCUT2D eigenvalue weighted by Crippen LogP contribution is -2.54. The minimum Gasteiger partial charge on any atom is -0.391 e. The number of anilines is 1. The minimum atomic E-state index is -1.76. The first kappa shape index (κ1) is 17.3. The second-order valence-electron chi connectivity index (χ2n) is 5.78. The number of nitrogens with one attached hydrogen (secondary N) is 1.